The number of amides is 1. The van der Waals surface area contributed by atoms with Gasteiger partial charge in [0.05, 0.1) is 5.56 Å². The molecule has 9 heteroatoms. The van der Waals surface area contributed by atoms with Crippen molar-refractivity contribution in [3.05, 3.63) is 58.0 Å². The zero-order valence-corrected chi connectivity index (χ0v) is 16.9. The lowest BCUT2D eigenvalue weighted by atomic mass is 9.93. The molecule has 31 heavy (non-hydrogen) atoms. The van der Waals surface area contributed by atoms with Gasteiger partial charge in [-0.25, -0.2) is 0 Å². The summed E-state index contributed by atoms with van der Waals surface area (Å²) in [5.74, 6) is 0.850. The van der Waals surface area contributed by atoms with Crippen LogP contribution < -0.4 is 15.0 Å². The van der Waals surface area contributed by atoms with Gasteiger partial charge in [0, 0.05) is 24.8 Å². The quantitative estimate of drug-likeness (QED) is 0.712. The molecule has 2 aliphatic rings. The summed E-state index contributed by atoms with van der Waals surface area (Å²) in [5, 5.41) is 0. The predicted octanol–water partition coefficient (Wildman–Crippen LogP) is 3.96. The van der Waals surface area contributed by atoms with Crippen LogP contribution in [-0.4, -0.2) is 28.2 Å². The summed E-state index contributed by atoms with van der Waals surface area (Å²) >= 11 is 0. The van der Waals surface area contributed by atoms with Crippen molar-refractivity contribution in [3.63, 3.8) is 0 Å². The molecule has 166 valence electrons. The Balaban J connectivity index is 1.58. The Hall–Kier alpha value is -2.97. The topological polar surface area (TPSA) is 60.8 Å². The molecule has 0 saturated heterocycles. The fraction of sp³-hybridized carbons (Fsp3) is 0.455. The Bertz CT molecular complexity index is 1010. The molecule has 1 aromatic heterocycles. The van der Waals surface area contributed by atoms with Crippen molar-refractivity contribution in [1.82, 2.24) is 9.47 Å². The first-order chi connectivity index (χ1) is 14.8. The van der Waals surface area contributed by atoms with Crippen molar-refractivity contribution in [2.24, 2.45) is 0 Å². The molecule has 1 aromatic carbocycles. The number of fused-ring (bicyclic) bond motifs is 1. The summed E-state index contributed by atoms with van der Waals surface area (Å²) in [7, 11) is 0. The summed E-state index contributed by atoms with van der Waals surface area (Å²) in [6, 6.07) is 6.98. The molecule has 0 spiro atoms. The van der Waals surface area contributed by atoms with E-state index in [-0.39, 0.29) is 25.3 Å². The minimum absolute atomic E-state index is 0.0202. The SMILES string of the molecule is O=C(Cn1cc(C(F)(F)F)ccc1=O)N(Cc1ccc2c(c1)OCO2)C1CCCCC1. The molecular formula is C22H23F3N2O4. The number of halogens is 3. The summed E-state index contributed by atoms with van der Waals surface area (Å²) < 4.78 is 50.7. The highest BCUT2D eigenvalue weighted by Crippen LogP contribution is 2.34. The van der Waals surface area contributed by atoms with Gasteiger partial charge in [0.1, 0.15) is 6.54 Å². The Morgan fingerprint density at radius 1 is 1.06 bits per heavy atom. The van der Waals surface area contributed by atoms with Crippen LogP contribution >= 0.6 is 0 Å². The first-order valence-corrected chi connectivity index (χ1v) is 10.3. The Kier molecular flexibility index (Phi) is 5.93. The van der Waals surface area contributed by atoms with Gasteiger partial charge in [-0.15, -0.1) is 0 Å². The van der Waals surface area contributed by atoms with E-state index in [1.807, 2.05) is 12.1 Å². The van der Waals surface area contributed by atoms with Crippen LogP contribution in [0.5, 0.6) is 11.5 Å². The largest absolute Gasteiger partial charge is 0.454 e. The van der Waals surface area contributed by atoms with Gasteiger partial charge in [-0.05, 0) is 36.6 Å². The molecule has 1 aliphatic heterocycles. The van der Waals surface area contributed by atoms with E-state index < -0.39 is 23.8 Å². The lowest BCUT2D eigenvalue weighted by Crippen LogP contribution is -2.43. The fourth-order valence-corrected chi connectivity index (χ4v) is 4.11. The third-order valence-electron chi connectivity index (χ3n) is 5.74. The summed E-state index contributed by atoms with van der Waals surface area (Å²) in [5.41, 5.74) is -0.771. The van der Waals surface area contributed by atoms with E-state index in [1.165, 1.54) is 0 Å². The highest BCUT2D eigenvalue weighted by atomic mass is 19.4. The molecule has 4 rings (SSSR count). The van der Waals surface area contributed by atoms with E-state index in [1.54, 1.807) is 11.0 Å². The molecule has 1 aliphatic carbocycles. The summed E-state index contributed by atoms with van der Waals surface area (Å²) in [4.78, 5) is 27.0. The fourth-order valence-electron chi connectivity index (χ4n) is 4.11. The van der Waals surface area contributed by atoms with Crippen molar-refractivity contribution >= 4 is 5.91 Å². The van der Waals surface area contributed by atoms with E-state index in [0.29, 0.717) is 17.7 Å². The Morgan fingerprint density at radius 3 is 2.55 bits per heavy atom. The maximum absolute atomic E-state index is 13.2. The molecule has 1 saturated carbocycles. The molecule has 2 heterocycles. The standard InChI is InChI=1S/C22H23F3N2O4/c23-22(24,25)16-7-9-20(28)26(12-16)13-21(29)27(17-4-2-1-3-5-17)11-15-6-8-18-19(10-15)31-14-30-18/h6-10,12,17H,1-5,11,13-14H2. The van der Waals surface area contributed by atoms with Crippen LogP contribution in [0.2, 0.25) is 0 Å². The number of ether oxygens (including phenoxy) is 2. The minimum Gasteiger partial charge on any atom is -0.454 e. The van der Waals surface area contributed by atoms with Gasteiger partial charge in [-0.2, -0.15) is 13.2 Å². The molecule has 1 fully saturated rings. The van der Waals surface area contributed by atoms with Gasteiger partial charge >= 0.3 is 6.18 Å². The van der Waals surface area contributed by atoms with E-state index in [0.717, 1.165) is 54.4 Å². The number of hydrogen-bond acceptors (Lipinski definition) is 4. The molecule has 0 bridgehead atoms. The number of rotatable bonds is 5. The van der Waals surface area contributed by atoms with Gasteiger partial charge in [0.15, 0.2) is 11.5 Å². The highest BCUT2D eigenvalue weighted by molar-refractivity contribution is 5.76. The summed E-state index contributed by atoms with van der Waals surface area (Å²) in [6.07, 6.45) is 0.837. The maximum Gasteiger partial charge on any atom is 0.417 e. The van der Waals surface area contributed by atoms with Crippen molar-refractivity contribution in [2.45, 2.75) is 57.4 Å². The Labute approximate surface area is 177 Å². The second kappa shape index (κ2) is 8.64. The number of aromatic nitrogens is 1. The number of nitrogens with zero attached hydrogens (tertiary/aromatic N) is 2. The lowest BCUT2D eigenvalue weighted by Gasteiger charge is -2.35. The molecule has 2 aromatic rings. The van der Waals surface area contributed by atoms with Gasteiger partial charge in [0.25, 0.3) is 5.56 Å². The minimum atomic E-state index is -4.59. The van der Waals surface area contributed by atoms with E-state index in [2.05, 4.69) is 0 Å². The number of carbonyl (C=O) groups excluding carboxylic acids is 1. The Morgan fingerprint density at radius 2 is 1.81 bits per heavy atom. The predicted molar refractivity (Wildman–Crippen MR) is 106 cm³/mol. The third kappa shape index (κ3) is 4.86. The van der Waals surface area contributed by atoms with Gasteiger partial charge < -0.3 is 18.9 Å². The van der Waals surface area contributed by atoms with Crippen LogP contribution in [0.1, 0.15) is 43.2 Å². The van der Waals surface area contributed by atoms with E-state index in [4.69, 9.17) is 9.47 Å². The van der Waals surface area contributed by atoms with Gasteiger partial charge in [-0.1, -0.05) is 25.3 Å². The van der Waals surface area contributed by atoms with Crippen LogP contribution in [0.25, 0.3) is 0 Å². The first-order valence-electron chi connectivity index (χ1n) is 10.3. The molecule has 0 radical (unpaired) electrons. The number of carbonyl (C=O) groups is 1. The van der Waals surface area contributed by atoms with Crippen LogP contribution in [0, 0.1) is 0 Å². The van der Waals surface area contributed by atoms with Crippen LogP contribution in [0.4, 0.5) is 13.2 Å². The molecule has 0 N–H and O–H groups in total. The molecule has 0 atom stereocenters. The number of hydrogen-bond donors (Lipinski definition) is 0. The van der Waals surface area contributed by atoms with Crippen LogP contribution in [0.3, 0.4) is 0 Å². The monoisotopic (exact) mass is 436 g/mol. The number of pyridine rings is 1. The van der Waals surface area contributed by atoms with Gasteiger partial charge in [-0.3, -0.25) is 9.59 Å². The molecule has 0 unspecified atom stereocenters. The average Bonchev–Trinajstić information content (AvgIpc) is 3.21. The highest BCUT2D eigenvalue weighted by Gasteiger charge is 2.32. The van der Waals surface area contributed by atoms with E-state index in [9.17, 15) is 22.8 Å². The normalized spacial score (nSPS) is 16.4. The molecular weight excluding hydrogens is 413 g/mol. The average molecular weight is 436 g/mol. The second-order valence-corrected chi connectivity index (χ2v) is 7.88. The second-order valence-electron chi connectivity index (χ2n) is 7.88. The molecule has 6 nitrogen and oxygen atoms in total. The maximum atomic E-state index is 13.2. The van der Waals surface area contributed by atoms with Gasteiger partial charge in [0.2, 0.25) is 12.7 Å². The van der Waals surface area contributed by atoms with Crippen molar-refractivity contribution < 1.29 is 27.4 Å². The van der Waals surface area contributed by atoms with Crippen LogP contribution in [0.15, 0.2) is 41.3 Å². The smallest absolute Gasteiger partial charge is 0.417 e. The first kappa shape index (κ1) is 21.3. The van der Waals surface area contributed by atoms with Crippen molar-refractivity contribution in [2.75, 3.05) is 6.79 Å². The zero-order chi connectivity index (χ0) is 22.0. The van der Waals surface area contributed by atoms with Crippen LogP contribution in [-0.2, 0) is 24.1 Å². The number of benzene rings is 1. The summed E-state index contributed by atoms with van der Waals surface area (Å²) in [6.45, 7) is -0.0137. The third-order valence-corrected chi connectivity index (χ3v) is 5.74. The molecule has 1 amide bonds. The number of alkyl halides is 3. The van der Waals surface area contributed by atoms with Crippen molar-refractivity contribution in [1.29, 1.82) is 0 Å². The van der Waals surface area contributed by atoms with E-state index >= 15 is 0 Å². The lowest BCUT2D eigenvalue weighted by molar-refractivity contribution is -0.139. The van der Waals surface area contributed by atoms with Crippen molar-refractivity contribution in [3.8, 4) is 11.5 Å². The zero-order valence-electron chi connectivity index (χ0n) is 16.9.